The molecule has 6 heterocycles. The predicted octanol–water partition coefficient (Wildman–Crippen LogP) is -3.09. The fraction of sp³-hybridized carbons (Fsp3) is 0.500. The van der Waals surface area contributed by atoms with Crippen LogP contribution in [0.25, 0.3) is 22.3 Å². The van der Waals surface area contributed by atoms with E-state index < -0.39 is 75.7 Å². The van der Waals surface area contributed by atoms with Crippen molar-refractivity contribution in [1.29, 1.82) is 0 Å². The highest BCUT2D eigenvalue weighted by molar-refractivity contribution is 7.47. The molecule has 1 unspecified atom stereocenters. The van der Waals surface area contributed by atoms with E-state index in [2.05, 4.69) is 29.9 Å². The van der Waals surface area contributed by atoms with Crippen LogP contribution in [-0.2, 0) is 23.1 Å². The number of hydrogen-bond acceptors (Lipinski definition) is 16. The Morgan fingerprint density at radius 1 is 1.02 bits per heavy atom. The molecule has 9 atom stereocenters. The Hall–Kier alpha value is -3.43. The standard InChI is InChI=1S/C20H24N9O11P/c21-20-26-16-10(17(34)27-20)25-6-29(16)19-14(12(32)8(2-30)38-19)40-41(35,36)37-3-9-11(31)13(33)18(39-9)28-5-24-7-1-22-4-23-15(7)28/h1,4-6,8-9,11-14,18-19,30-33H,2-3H2,(H,35,36)(H3,21,26,27,34)/t8-,9-,11-,12-,13-,14-,18-,19-/m1/s1. The molecule has 21 heteroatoms. The van der Waals surface area contributed by atoms with Crippen LogP contribution in [0.15, 0.2) is 30.0 Å². The van der Waals surface area contributed by atoms with Crippen molar-refractivity contribution in [1.82, 2.24) is 39.0 Å². The number of fused-ring (bicyclic) bond motifs is 2. The van der Waals surface area contributed by atoms with Gasteiger partial charge in [-0.25, -0.2) is 24.5 Å². The molecule has 0 saturated carbocycles. The first-order valence-electron chi connectivity index (χ1n) is 12.0. The van der Waals surface area contributed by atoms with Gasteiger partial charge in [-0.2, -0.15) is 4.98 Å². The summed E-state index contributed by atoms with van der Waals surface area (Å²) in [4.78, 5) is 44.9. The number of ether oxygens (including phenoxy) is 2. The minimum Gasteiger partial charge on any atom is -0.394 e. The van der Waals surface area contributed by atoms with Gasteiger partial charge >= 0.3 is 7.82 Å². The molecule has 220 valence electrons. The lowest BCUT2D eigenvalue weighted by atomic mass is 10.1. The lowest BCUT2D eigenvalue weighted by Crippen LogP contribution is -2.36. The zero-order valence-corrected chi connectivity index (χ0v) is 21.6. The van der Waals surface area contributed by atoms with Crippen LogP contribution in [0.5, 0.6) is 0 Å². The van der Waals surface area contributed by atoms with Crippen LogP contribution in [0.3, 0.4) is 0 Å². The van der Waals surface area contributed by atoms with E-state index in [0.717, 1.165) is 10.9 Å². The third-order valence-electron chi connectivity index (χ3n) is 6.72. The molecule has 4 aromatic rings. The topological polar surface area (TPSA) is 288 Å². The molecule has 8 N–H and O–H groups in total. The largest absolute Gasteiger partial charge is 0.472 e. The van der Waals surface area contributed by atoms with Crippen LogP contribution in [0.2, 0.25) is 0 Å². The molecule has 2 aliphatic heterocycles. The van der Waals surface area contributed by atoms with Crippen molar-refractivity contribution in [3.63, 3.8) is 0 Å². The summed E-state index contributed by atoms with van der Waals surface area (Å²) >= 11 is 0. The molecule has 20 nitrogen and oxygen atoms in total. The second kappa shape index (κ2) is 10.4. The summed E-state index contributed by atoms with van der Waals surface area (Å²) in [5.74, 6) is -0.248. The fourth-order valence-electron chi connectivity index (χ4n) is 4.76. The van der Waals surface area contributed by atoms with Crippen LogP contribution in [0, 0.1) is 0 Å². The van der Waals surface area contributed by atoms with Crippen LogP contribution in [0.1, 0.15) is 12.5 Å². The number of nitrogens with zero attached hydrogens (tertiary/aromatic N) is 7. The average Bonchev–Trinajstić information content (AvgIpc) is 3.69. The smallest absolute Gasteiger partial charge is 0.394 e. The minimum atomic E-state index is -5.03. The van der Waals surface area contributed by atoms with Crippen molar-refractivity contribution in [2.24, 2.45) is 0 Å². The number of anilines is 1. The van der Waals surface area contributed by atoms with Gasteiger partial charge in [-0.05, 0) is 0 Å². The zero-order chi connectivity index (χ0) is 29.1. The highest BCUT2D eigenvalue weighted by Crippen LogP contribution is 2.50. The Morgan fingerprint density at radius 3 is 2.54 bits per heavy atom. The monoisotopic (exact) mass is 597 g/mol. The molecule has 0 bridgehead atoms. The van der Waals surface area contributed by atoms with Gasteiger partial charge in [0.15, 0.2) is 29.3 Å². The van der Waals surface area contributed by atoms with Gasteiger partial charge in [0.1, 0.15) is 48.5 Å². The first kappa shape index (κ1) is 27.7. The van der Waals surface area contributed by atoms with Gasteiger partial charge in [0.25, 0.3) is 5.56 Å². The number of hydrogen-bond donors (Lipinski definition) is 7. The van der Waals surface area contributed by atoms with Gasteiger partial charge in [0.2, 0.25) is 5.95 Å². The van der Waals surface area contributed by atoms with Gasteiger partial charge in [-0.3, -0.25) is 28.0 Å². The minimum absolute atomic E-state index is 0.0795. The molecule has 0 radical (unpaired) electrons. The molecular formula is C20H24N9O11P. The van der Waals surface area contributed by atoms with Crippen molar-refractivity contribution >= 4 is 36.1 Å². The second-order valence-corrected chi connectivity index (χ2v) is 10.7. The fourth-order valence-corrected chi connectivity index (χ4v) is 5.69. The molecular weight excluding hydrogens is 573 g/mol. The highest BCUT2D eigenvalue weighted by atomic mass is 31.2. The van der Waals surface area contributed by atoms with Gasteiger partial charge in [-0.15, -0.1) is 0 Å². The summed E-state index contributed by atoms with van der Waals surface area (Å²) < 4.78 is 37.1. The highest BCUT2D eigenvalue weighted by Gasteiger charge is 2.50. The summed E-state index contributed by atoms with van der Waals surface area (Å²) in [7, 11) is -5.03. The van der Waals surface area contributed by atoms with E-state index in [1.165, 1.54) is 23.4 Å². The maximum atomic E-state index is 13.0. The van der Waals surface area contributed by atoms with Gasteiger partial charge in [0, 0.05) is 0 Å². The predicted molar refractivity (Wildman–Crippen MR) is 131 cm³/mol. The summed E-state index contributed by atoms with van der Waals surface area (Å²) in [6.45, 7) is -1.41. The van der Waals surface area contributed by atoms with Crippen molar-refractivity contribution in [3.8, 4) is 0 Å². The van der Waals surface area contributed by atoms with E-state index in [1.54, 1.807) is 0 Å². The van der Waals surface area contributed by atoms with Crippen LogP contribution >= 0.6 is 7.82 Å². The van der Waals surface area contributed by atoms with Crippen molar-refractivity contribution in [2.75, 3.05) is 18.9 Å². The number of nitrogens with one attached hydrogen (secondary N) is 1. The van der Waals surface area contributed by atoms with Crippen molar-refractivity contribution < 1.29 is 48.4 Å². The molecule has 41 heavy (non-hydrogen) atoms. The van der Waals surface area contributed by atoms with Crippen molar-refractivity contribution in [2.45, 2.75) is 49.1 Å². The number of phosphoric acid groups is 1. The van der Waals surface area contributed by atoms with Gasteiger partial charge in [0.05, 0.1) is 32.1 Å². The van der Waals surface area contributed by atoms with E-state index in [4.69, 9.17) is 24.3 Å². The molecule has 0 aliphatic carbocycles. The maximum Gasteiger partial charge on any atom is 0.472 e. The number of imidazole rings is 2. The van der Waals surface area contributed by atoms with Crippen molar-refractivity contribution in [3.05, 3.63) is 35.5 Å². The molecule has 2 aliphatic rings. The Morgan fingerprint density at radius 2 is 1.76 bits per heavy atom. The molecule has 0 spiro atoms. The SMILES string of the molecule is Nc1nc2c(ncn2[C@@H]2O[C@H](CO)[C@@H](O)[C@H]2OP(=O)(O)OC[C@H]2O[C@@H](n3cnc4cncnc43)[C@H](O)[C@@H]2O)c(=O)[nH]1. The Bertz CT molecular complexity index is 1680. The van der Waals surface area contributed by atoms with E-state index in [9.17, 15) is 34.7 Å². The Labute approximate surface area is 227 Å². The number of rotatable bonds is 8. The number of aromatic nitrogens is 8. The van der Waals surface area contributed by atoms with Crippen LogP contribution < -0.4 is 11.3 Å². The Kier molecular flexibility index (Phi) is 7.06. The van der Waals surface area contributed by atoms with E-state index in [1.807, 2.05) is 0 Å². The molecule has 0 amide bonds. The summed E-state index contributed by atoms with van der Waals surface area (Å²) in [6.07, 6.45) is -6.23. The number of nitrogen functional groups attached to an aromatic ring is 1. The quantitative estimate of drug-likeness (QED) is 0.0990. The second-order valence-electron chi connectivity index (χ2n) is 9.28. The number of nitrogens with two attached hydrogens (primary N) is 1. The first-order valence-corrected chi connectivity index (χ1v) is 13.5. The van der Waals surface area contributed by atoms with E-state index in [0.29, 0.717) is 11.2 Å². The summed E-state index contributed by atoms with van der Waals surface area (Å²) in [5.41, 5.74) is 5.47. The van der Waals surface area contributed by atoms with Crippen LogP contribution in [0.4, 0.5) is 5.95 Å². The third kappa shape index (κ3) is 4.89. The van der Waals surface area contributed by atoms with Gasteiger partial charge < -0.3 is 40.5 Å². The first-order chi connectivity index (χ1) is 19.6. The summed E-state index contributed by atoms with van der Waals surface area (Å²) in [5, 5.41) is 41.4. The third-order valence-corrected chi connectivity index (χ3v) is 7.71. The number of phosphoric ester groups is 1. The lowest BCUT2D eigenvalue weighted by Gasteiger charge is -2.24. The van der Waals surface area contributed by atoms with E-state index in [-0.39, 0.29) is 17.1 Å². The maximum absolute atomic E-state index is 13.0. The number of aliphatic hydroxyl groups is 4. The molecule has 2 fully saturated rings. The number of aliphatic hydroxyl groups excluding tert-OH is 4. The zero-order valence-electron chi connectivity index (χ0n) is 20.7. The van der Waals surface area contributed by atoms with E-state index >= 15 is 0 Å². The number of H-pyrrole nitrogens is 1. The number of aromatic amines is 1. The molecule has 0 aromatic carbocycles. The molecule has 4 aromatic heterocycles. The molecule has 2 saturated heterocycles. The van der Waals surface area contributed by atoms with Crippen LogP contribution in [-0.4, -0.2) is 114 Å². The Balaban J connectivity index is 1.19. The summed E-state index contributed by atoms with van der Waals surface area (Å²) in [6, 6.07) is 0. The lowest BCUT2D eigenvalue weighted by molar-refractivity contribution is -0.0615. The normalized spacial score (nSPS) is 31.7. The molecule has 6 rings (SSSR count). The average molecular weight is 597 g/mol. The van der Waals surface area contributed by atoms with Gasteiger partial charge in [-0.1, -0.05) is 0 Å².